The molecule has 0 bridgehead atoms. The number of benzene rings is 1. The molecule has 0 spiro atoms. The van der Waals surface area contributed by atoms with Gasteiger partial charge in [-0.05, 0) is 43.0 Å². The number of anilines is 2. The predicted molar refractivity (Wildman–Crippen MR) is 105 cm³/mol. The number of hydrogen-bond acceptors (Lipinski definition) is 5. The molecule has 3 unspecified atom stereocenters. The molecule has 10 heteroatoms. The number of rotatable bonds is 4. The first-order chi connectivity index (χ1) is 14.3. The Hall–Kier alpha value is -3.32. The van der Waals surface area contributed by atoms with Crippen LogP contribution in [0.15, 0.2) is 41.3 Å². The Kier molecular flexibility index (Phi) is 4.99. The number of nitrogens with two attached hydrogens (primary N) is 1. The molecule has 1 fully saturated rings. The molecule has 2 heterocycles. The van der Waals surface area contributed by atoms with E-state index >= 15 is 0 Å². The lowest BCUT2D eigenvalue weighted by Crippen LogP contribution is -2.28. The minimum atomic E-state index is -4.53. The molecule has 7 nitrogen and oxygen atoms in total. The number of nitriles is 1. The van der Waals surface area contributed by atoms with Gasteiger partial charge >= 0.3 is 6.18 Å². The van der Waals surface area contributed by atoms with Gasteiger partial charge in [-0.15, -0.1) is 0 Å². The van der Waals surface area contributed by atoms with Crippen molar-refractivity contribution in [3.05, 3.63) is 52.4 Å². The van der Waals surface area contributed by atoms with Crippen LogP contribution in [0.4, 0.5) is 24.7 Å². The summed E-state index contributed by atoms with van der Waals surface area (Å²) in [6.45, 7) is 0. The van der Waals surface area contributed by atoms with E-state index in [1.807, 2.05) is 0 Å². The number of nitrogens with zero attached hydrogens (tertiary/aromatic N) is 3. The van der Waals surface area contributed by atoms with Crippen LogP contribution in [0.25, 0.3) is 10.9 Å². The van der Waals surface area contributed by atoms with Gasteiger partial charge in [0, 0.05) is 11.9 Å². The maximum absolute atomic E-state index is 12.8. The number of hydrogen-bond donors (Lipinski definition) is 3. The Morgan fingerprint density at radius 1 is 1.27 bits per heavy atom. The molecular formula is C20H19F3N6O. The predicted octanol–water partition coefficient (Wildman–Crippen LogP) is 3.90. The first kappa shape index (κ1) is 20.0. The Labute approximate surface area is 169 Å². The molecule has 0 radical (unpaired) electrons. The second-order valence-corrected chi connectivity index (χ2v) is 7.36. The Bertz CT molecular complexity index is 1160. The monoisotopic (exact) mass is 416 g/mol. The molecular weight excluding hydrogens is 397 g/mol. The largest absolute Gasteiger partial charge is 0.407 e. The number of fused-ring (bicyclic) bond motifs is 1. The van der Waals surface area contributed by atoms with Gasteiger partial charge in [0.25, 0.3) is 5.56 Å². The summed E-state index contributed by atoms with van der Waals surface area (Å²) < 4.78 is 40.1. The molecule has 0 saturated heterocycles. The van der Waals surface area contributed by atoms with Gasteiger partial charge in [-0.3, -0.25) is 9.48 Å². The van der Waals surface area contributed by atoms with Crippen molar-refractivity contribution in [2.75, 3.05) is 5.32 Å². The maximum atomic E-state index is 12.8. The Morgan fingerprint density at radius 3 is 2.67 bits per heavy atom. The van der Waals surface area contributed by atoms with Crippen molar-refractivity contribution in [1.82, 2.24) is 14.8 Å². The Balaban J connectivity index is 1.70. The fourth-order valence-electron chi connectivity index (χ4n) is 3.92. The third-order valence-electron chi connectivity index (χ3n) is 5.47. The lowest BCUT2D eigenvalue weighted by Gasteiger charge is -2.16. The minimum absolute atomic E-state index is 0.0656. The molecule has 4 rings (SSSR count). The van der Waals surface area contributed by atoms with E-state index in [4.69, 9.17) is 5.73 Å². The first-order valence-corrected chi connectivity index (χ1v) is 9.48. The number of aromatic amines is 1. The summed E-state index contributed by atoms with van der Waals surface area (Å²) in [6.07, 6.45) is -0.552. The van der Waals surface area contributed by atoms with Crippen molar-refractivity contribution in [2.24, 2.45) is 11.7 Å². The smallest absolute Gasteiger partial charge is 0.338 e. The molecule has 1 aromatic carbocycles. The molecule has 1 aliphatic carbocycles. The van der Waals surface area contributed by atoms with Crippen LogP contribution in [-0.2, 0) is 0 Å². The third kappa shape index (κ3) is 3.52. The SMILES string of the molecule is N#CC1CCCC1n1nc(Nc2ccc(C(N)C(F)(F)F)cc2)c2c(=O)[nH]ccc21. The number of alkyl halides is 3. The fourth-order valence-corrected chi connectivity index (χ4v) is 3.92. The van der Waals surface area contributed by atoms with Crippen LogP contribution in [0.2, 0.25) is 0 Å². The number of pyridine rings is 1. The summed E-state index contributed by atoms with van der Waals surface area (Å²) in [5, 5.41) is 17.3. The number of halogens is 3. The van der Waals surface area contributed by atoms with Crippen LogP contribution in [0.3, 0.4) is 0 Å². The van der Waals surface area contributed by atoms with E-state index in [1.54, 1.807) is 10.7 Å². The molecule has 0 aliphatic heterocycles. The molecule has 156 valence electrons. The van der Waals surface area contributed by atoms with E-state index in [-0.39, 0.29) is 28.9 Å². The van der Waals surface area contributed by atoms with Crippen molar-refractivity contribution >= 4 is 22.4 Å². The van der Waals surface area contributed by atoms with Crippen LogP contribution in [0.5, 0.6) is 0 Å². The molecule has 0 amide bonds. The highest BCUT2D eigenvalue weighted by Gasteiger charge is 2.37. The van der Waals surface area contributed by atoms with Crippen molar-refractivity contribution in [2.45, 2.75) is 37.5 Å². The van der Waals surface area contributed by atoms with Crippen LogP contribution >= 0.6 is 0 Å². The number of nitrogens with one attached hydrogen (secondary N) is 2. The second-order valence-electron chi connectivity index (χ2n) is 7.36. The summed E-state index contributed by atoms with van der Waals surface area (Å²) in [7, 11) is 0. The topological polar surface area (TPSA) is 113 Å². The van der Waals surface area contributed by atoms with E-state index in [2.05, 4.69) is 21.5 Å². The number of H-pyrrole nitrogens is 1. The van der Waals surface area contributed by atoms with Gasteiger partial charge in [0.15, 0.2) is 5.82 Å². The van der Waals surface area contributed by atoms with E-state index in [1.165, 1.54) is 30.5 Å². The van der Waals surface area contributed by atoms with Gasteiger partial charge in [0.1, 0.15) is 11.4 Å². The van der Waals surface area contributed by atoms with Gasteiger partial charge < -0.3 is 16.0 Å². The van der Waals surface area contributed by atoms with E-state index in [9.17, 15) is 23.2 Å². The summed E-state index contributed by atoms with van der Waals surface area (Å²) >= 11 is 0. The highest BCUT2D eigenvalue weighted by atomic mass is 19.4. The van der Waals surface area contributed by atoms with Gasteiger partial charge in [-0.25, -0.2) is 0 Å². The lowest BCUT2D eigenvalue weighted by molar-refractivity contribution is -0.149. The van der Waals surface area contributed by atoms with Crippen molar-refractivity contribution in [3.63, 3.8) is 0 Å². The summed E-state index contributed by atoms with van der Waals surface area (Å²) in [5.41, 5.74) is 5.89. The minimum Gasteiger partial charge on any atom is -0.338 e. The molecule has 4 N–H and O–H groups in total. The van der Waals surface area contributed by atoms with Gasteiger partial charge in [-0.2, -0.15) is 23.5 Å². The van der Waals surface area contributed by atoms with Crippen molar-refractivity contribution < 1.29 is 13.2 Å². The van der Waals surface area contributed by atoms with E-state index in [0.29, 0.717) is 16.6 Å². The molecule has 30 heavy (non-hydrogen) atoms. The van der Waals surface area contributed by atoms with Crippen LogP contribution in [-0.4, -0.2) is 20.9 Å². The van der Waals surface area contributed by atoms with E-state index < -0.39 is 12.2 Å². The molecule has 1 saturated carbocycles. The molecule has 3 aromatic rings. The average molecular weight is 416 g/mol. The fraction of sp³-hybridized carbons (Fsp3) is 0.350. The summed E-state index contributed by atoms with van der Waals surface area (Å²) in [4.78, 5) is 15.1. The van der Waals surface area contributed by atoms with Gasteiger partial charge in [0.2, 0.25) is 0 Å². The first-order valence-electron chi connectivity index (χ1n) is 9.48. The van der Waals surface area contributed by atoms with Crippen LogP contribution in [0.1, 0.15) is 36.9 Å². The second kappa shape index (κ2) is 7.50. The van der Waals surface area contributed by atoms with Gasteiger partial charge in [0.05, 0.1) is 23.5 Å². The highest BCUT2D eigenvalue weighted by Crippen LogP contribution is 2.38. The lowest BCUT2D eigenvalue weighted by atomic mass is 10.1. The Morgan fingerprint density at radius 2 is 2.00 bits per heavy atom. The third-order valence-corrected chi connectivity index (χ3v) is 5.47. The average Bonchev–Trinajstić information content (AvgIpc) is 3.32. The number of aromatic nitrogens is 3. The standard InChI is InChI=1S/C20H19F3N6O/c21-20(22,23)17(25)11-4-6-13(7-5-11)27-18-16-15(8-9-26-19(16)30)29(28-18)14-3-1-2-12(14)10-24/h4-9,12,14,17H,1-3,25H2,(H,26,30)(H,27,28). The summed E-state index contributed by atoms with van der Waals surface area (Å²) in [6, 6.07) is 7.31. The summed E-state index contributed by atoms with van der Waals surface area (Å²) in [5.74, 6) is 0.0895. The van der Waals surface area contributed by atoms with E-state index in [0.717, 1.165) is 19.3 Å². The maximum Gasteiger partial charge on any atom is 0.407 e. The van der Waals surface area contributed by atoms with Crippen molar-refractivity contribution in [1.29, 1.82) is 5.26 Å². The highest BCUT2D eigenvalue weighted by molar-refractivity contribution is 5.91. The van der Waals surface area contributed by atoms with Gasteiger partial charge in [-0.1, -0.05) is 12.1 Å². The zero-order valence-electron chi connectivity index (χ0n) is 15.8. The molecule has 3 atom stereocenters. The molecule has 1 aliphatic rings. The quantitative estimate of drug-likeness (QED) is 0.597. The van der Waals surface area contributed by atoms with Crippen LogP contribution < -0.4 is 16.6 Å². The zero-order valence-corrected chi connectivity index (χ0v) is 15.8. The van der Waals surface area contributed by atoms with Crippen LogP contribution in [0, 0.1) is 17.2 Å². The zero-order chi connectivity index (χ0) is 21.5. The van der Waals surface area contributed by atoms with Crippen molar-refractivity contribution in [3.8, 4) is 6.07 Å². The normalized spacial score (nSPS) is 20.2. The molecule has 2 aromatic heterocycles.